The van der Waals surface area contributed by atoms with Gasteiger partial charge in [-0.05, 0) is 18.6 Å². The molecule has 82 valence electrons. The van der Waals surface area contributed by atoms with Crippen LogP contribution in [0.1, 0.15) is 13.3 Å². The van der Waals surface area contributed by atoms with Gasteiger partial charge in [0.05, 0.1) is 0 Å². The quantitative estimate of drug-likeness (QED) is 0.701. The molecule has 0 spiro atoms. The maximum Gasteiger partial charge on any atom is 0.319 e. The molecule has 4 heteroatoms. The highest BCUT2D eigenvalue weighted by molar-refractivity contribution is 5.89. The number of para-hydroxylation sites is 1. The Hall–Kier alpha value is -1.55. The monoisotopic (exact) mass is 207 g/mol. The van der Waals surface area contributed by atoms with Crippen molar-refractivity contribution in [1.29, 1.82) is 0 Å². The lowest BCUT2D eigenvalue weighted by Crippen LogP contribution is -2.41. The molecule has 1 rings (SSSR count). The molecule has 1 unspecified atom stereocenters. The van der Waals surface area contributed by atoms with E-state index < -0.39 is 0 Å². The number of urea groups is 1. The minimum atomic E-state index is -0.210. The van der Waals surface area contributed by atoms with Crippen molar-refractivity contribution >= 4 is 11.7 Å². The van der Waals surface area contributed by atoms with E-state index in [1.165, 1.54) is 0 Å². The Labute approximate surface area is 89.9 Å². The molecule has 2 amide bonds. The summed E-state index contributed by atoms with van der Waals surface area (Å²) in [4.78, 5) is 11.5. The van der Waals surface area contributed by atoms with Gasteiger partial charge >= 0.3 is 6.03 Å². The van der Waals surface area contributed by atoms with E-state index in [-0.39, 0.29) is 12.1 Å². The van der Waals surface area contributed by atoms with Gasteiger partial charge in [-0.2, -0.15) is 0 Å². The Balaban J connectivity index is 2.43. The van der Waals surface area contributed by atoms with Crippen LogP contribution >= 0.6 is 0 Å². The SMILES string of the molecule is CCC(CN)NC(=O)Nc1ccccc1. The van der Waals surface area contributed by atoms with Crippen LogP contribution in [-0.2, 0) is 0 Å². The molecular weight excluding hydrogens is 190 g/mol. The zero-order chi connectivity index (χ0) is 11.1. The van der Waals surface area contributed by atoms with Gasteiger partial charge in [-0.25, -0.2) is 4.79 Å². The van der Waals surface area contributed by atoms with Gasteiger partial charge in [-0.15, -0.1) is 0 Å². The highest BCUT2D eigenvalue weighted by Gasteiger charge is 2.07. The Morgan fingerprint density at radius 1 is 1.40 bits per heavy atom. The summed E-state index contributed by atoms with van der Waals surface area (Å²) in [5, 5.41) is 5.53. The van der Waals surface area contributed by atoms with Gasteiger partial charge in [-0.3, -0.25) is 0 Å². The summed E-state index contributed by atoms with van der Waals surface area (Å²) >= 11 is 0. The van der Waals surface area contributed by atoms with E-state index in [1.54, 1.807) is 0 Å². The first-order chi connectivity index (χ1) is 7.26. The van der Waals surface area contributed by atoms with E-state index >= 15 is 0 Å². The average molecular weight is 207 g/mol. The molecule has 0 saturated heterocycles. The van der Waals surface area contributed by atoms with Crippen LogP contribution in [0.2, 0.25) is 0 Å². The van der Waals surface area contributed by atoms with Gasteiger partial charge in [0.25, 0.3) is 0 Å². The van der Waals surface area contributed by atoms with Crippen molar-refractivity contribution in [2.24, 2.45) is 5.73 Å². The molecular formula is C11H17N3O. The number of amides is 2. The third kappa shape index (κ3) is 3.99. The number of nitrogens with one attached hydrogen (secondary N) is 2. The Morgan fingerprint density at radius 2 is 2.07 bits per heavy atom. The molecule has 0 heterocycles. The molecule has 4 nitrogen and oxygen atoms in total. The van der Waals surface area contributed by atoms with Gasteiger partial charge in [0.15, 0.2) is 0 Å². The lowest BCUT2D eigenvalue weighted by Gasteiger charge is -2.15. The second-order valence-corrected chi connectivity index (χ2v) is 3.31. The molecule has 15 heavy (non-hydrogen) atoms. The second-order valence-electron chi connectivity index (χ2n) is 3.31. The predicted octanol–water partition coefficient (Wildman–Crippen LogP) is 1.55. The molecule has 4 N–H and O–H groups in total. The summed E-state index contributed by atoms with van der Waals surface area (Å²) in [6.07, 6.45) is 0.832. The van der Waals surface area contributed by atoms with Crippen LogP contribution in [0.25, 0.3) is 0 Å². The summed E-state index contributed by atoms with van der Waals surface area (Å²) in [6.45, 7) is 2.44. The molecule has 1 aromatic rings. The number of carbonyl (C=O) groups excluding carboxylic acids is 1. The van der Waals surface area contributed by atoms with Gasteiger partial charge in [0.1, 0.15) is 0 Å². The number of anilines is 1. The van der Waals surface area contributed by atoms with Gasteiger partial charge in [-0.1, -0.05) is 25.1 Å². The number of hydrogen-bond donors (Lipinski definition) is 3. The van der Waals surface area contributed by atoms with E-state index in [2.05, 4.69) is 10.6 Å². The fraction of sp³-hybridized carbons (Fsp3) is 0.364. The molecule has 1 aromatic carbocycles. The zero-order valence-electron chi connectivity index (χ0n) is 8.86. The van der Waals surface area contributed by atoms with Crippen molar-refractivity contribution in [2.45, 2.75) is 19.4 Å². The maximum atomic E-state index is 11.5. The number of benzene rings is 1. The van der Waals surface area contributed by atoms with E-state index in [0.717, 1.165) is 12.1 Å². The summed E-state index contributed by atoms with van der Waals surface area (Å²) in [5.74, 6) is 0. The van der Waals surface area contributed by atoms with Crippen molar-refractivity contribution in [3.8, 4) is 0 Å². The van der Waals surface area contributed by atoms with Crippen LogP contribution in [0, 0.1) is 0 Å². The van der Waals surface area contributed by atoms with Crippen LogP contribution in [0.5, 0.6) is 0 Å². The first kappa shape index (κ1) is 11.5. The Kier molecular flexibility index (Phi) is 4.63. The van der Waals surface area contributed by atoms with Crippen LogP contribution in [-0.4, -0.2) is 18.6 Å². The summed E-state index contributed by atoms with van der Waals surface area (Å²) in [7, 11) is 0. The second kappa shape index (κ2) is 6.03. The van der Waals surface area contributed by atoms with Gasteiger partial charge in [0, 0.05) is 18.3 Å². The van der Waals surface area contributed by atoms with E-state index in [1.807, 2.05) is 37.3 Å². The fourth-order valence-corrected chi connectivity index (χ4v) is 1.20. The van der Waals surface area contributed by atoms with Gasteiger partial charge in [0.2, 0.25) is 0 Å². The molecule has 0 aliphatic carbocycles. The predicted molar refractivity (Wildman–Crippen MR) is 61.7 cm³/mol. The van der Waals surface area contributed by atoms with E-state index in [0.29, 0.717) is 6.54 Å². The van der Waals surface area contributed by atoms with Crippen LogP contribution in [0.4, 0.5) is 10.5 Å². The van der Waals surface area contributed by atoms with Crippen molar-refractivity contribution in [3.63, 3.8) is 0 Å². The molecule has 0 aliphatic rings. The van der Waals surface area contributed by atoms with E-state index in [4.69, 9.17) is 5.73 Å². The summed E-state index contributed by atoms with van der Waals surface area (Å²) in [6, 6.07) is 9.14. The normalized spacial score (nSPS) is 11.9. The molecule has 0 bridgehead atoms. The molecule has 0 aromatic heterocycles. The lowest BCUT2D eigenvalue weighted by atomic mass is 10.2. The molecule has 0 fully saturated rings. The van der Waals surface area contributed by atoms with Crippen molar-refractivity contribution in [1.82, 2.24) is 5.32 Å². The maximum absolute atomic E-state index is 11.5. The minimum absolute atomic E-state index is 0.0358. The first-order valence-electron chi connectivity index (χ1n) is 5.09. The smallest absolute Gasteiger partial charge is 0.319 e. The summed E-state index contributed by atoms with van der Waals surface area (Å²) < 4.78 is 0. The molecule has 0 aliphatic heterocycles. The third-order valence-electron chi connectivity index (χ3n) is 2.14. The minimum Gasteiger partial charge on any atom is -0.334 e. The zero-order valence-corrected chi connectivity index (χ0v) is 8.86. The highest BCUT2D eigenvalue weighted by Crippen LogP contribution is 2.04. The standard InChI is InChI=1S/C11H17N3O/c1-2-9(8-12)13-11(15)14-10-6-4-3-5-7-10/h3-7,9H,2,8,12H2,1H3,(H2,13,14,15). The van der Waals surface area contributed by atoms with Crippen LogP contribution in [0.15, 0.2) is 30.3 Å². The van der Waals surface area contributed by atoms with Crippen molar-refractivity contribution in [2.75, 3.05) is 11.9 Å². The molecule has 0 saturated carbocycles. The first-order valence-corrected chi connectivity index (χ1v) is 5.09. The van der Waals surface area contributed by atoms with Crippen molar-refractivity contribution < 1.29 is 4.79 Å². The topological polar surface area (TPSA) is 67.1 Å². The highest BCUT2D eigenvalue weighted by atomic mass is 16.2. The average Bonchev–Trinajstić information content (AvgIpc) is 2.27. The summed E-state index contributed by atoms with van der Waals surface area (Å²) in [5.41, 5.74) is 6.26. The van der Waals surface area contributed by atoms with Crippen LogP contribution < -0.4 is 16.4 Å². The fourth-order valence-electron chi connectivity index (χ4n) is 1.20. The largest absolute Gasteiger partial charge is 0.334 e. The number of rotatable bonds is 4. The third-order valence-corrected chi connectivity index (χ3v) is 2.14. The van der Waals surface area contributed by atoms with Gasteiger partial charge < -0.3 is 16.4 Å². The Bertz CT molecular complexity index is 296. The number of carbonyl (C=O) groups is 1. The lowest BCUT2D eigenvalue weighted by molar-refractivity contribution is 0.248. The number of nitrogens with two attached hydrogens (primary N) is 1. The molecule has 0 radical (unpaired) electrons. The van der Waals surface area contributed by atoms with Crippen LogP contribution in [0.3, 0.4) is 0 Å². The van der Waals surface area contributed by atoms with E-state index in [9.17, 15) is 4.79 Å². The molecule has 1 atom stereocenters. The van der Waals surface area contributed by atoms with Crippen molar-refractivity contribution in [3.05, 3.63) is 30.3 Å². The number of hydrogen-bond acceptors (Lipinski definition) is 2. The Morgan fingerprint density at radius 3 is 2.60 bits per heavy atom.